The molecule has 11 heteroatoms. The highest BCUT2D eigenvalue weighted by Gasteiger charge is 2.27. The Kier molecular flexibility index (Phi) is 7.61. The van der Waals surface area contributed by atoms with Gasteiger partial charge >= 0.3 is 0 Å². The van der Waals surface area contributed by atoms with Crippen molar-refractivity contribution < 1.29 is 14.3 Å². The topological polar surface area (TPSA) is 122 Å². The summed E-state index contributed by atoms with van der Waals surface area (Å²) in [6, 6.07) is 7.28. The molecule has 37 heavy (non-hydrogen) atoms. The highest BCUT2D eigenvalue weighted by molar-refractivity contribution is 5.85. The first kappa shape index (κ1) is 25.9. The molecule has 2 aromatic heterocycles. The molecule has 4 rings (SSSR count). The number of carbonyl (C=O) groups excluding carboxylic acids is 2. The van der Waals surface area contributed by atoms with Crippen LogP contribution in [-0.2, 0) is 16.6 Å². The fourth-order valence-corrected chi connectivity index (χ4v) is 4.39. The summed E-state index contributed by atoms with van der Waals surface area (Å²) in [5.41, 5.74) is 2.09. The van der Waals surface area contributed by atoms with Gasteiger partial charge in [0.1, 0.15) is 5.82 Å². The van der Waals surface area contributed by atoms with Gasteiger partial charge in [0.25, 0.3) is 11.5 Å². The number of likely N-dealkylation sites (N-methyl/N-ethyl adjacent to an activating group) is 1. The minimum Gasteiger partial charge on any atom is -0.478 e. The second kappa shape index (κ2) is 10.9. The van der Waals surface area contributed by atoms with E-state index in [1.807, 2.05) is 25.1 Å². The van der Waals surface area contributed by atoms with Crippen LogP contribution in [0.3, 0.4) is 0 Å². The number of rotatable bonds is 7. The Bertz CT molecular complexity index is 1380. The fraction of sp³-hybridized carbons (Fsp3) is 0.423. The molecule has 1 fully saturated rings. The summed E-state index contributed by atoms with van der Waals surface area (Å²) >= 11 is 0. The number of piperidine rings is 1. The molecule has 3 heterocycles. The van der Waals surface area contributed by atoms with Crippen molar-refractivity contribution in [2.24, 2.45) is 13.0 Å². The van der Waals surface area contributed by atoms with Crippen LogP contribution in [0.4, 0.5) is 17.5 Å². The summed E-state index contributed by atoms with van der Waals surface area (Å²) in [4.78, 5) is 49.5. The molecule has 3 aromatic rings. The van der Waals surface area contributed by atoms with Crippen LogP contribution < -0.4 is 25.8 Å². The number of nitrogens with zero attached hydrogens (tertiary/aromatic N) is 5. The lowest BCUT2D eigenvalue weighted by Crippen LogP contribution is -2.40. The third-order valence-corrected chi connectivity index (χ3v) is 6.62. The maximum atomic E-state index is 12.6. The molecule has 11 nitrogen and oxygen atoms in total. The smallest absolute Gasteiger partial charge is 0.293 e. The van der Waals surface area contributed by atoms with Crippen molar-refractivity contribution in [1.82, 2.24) is 24.8 Å². The number of aromatic nitrogens is 3. The number of hydrogen-bond donors (Lipinski definition) is 2. The van der Waals surface area contributed by atoms with Crippen molar-refractivity contribution in [2.45, 2.75) is 19.8 Å². The summed E-state index contributed by atoms with van der Waals surface area (Å²) in [6.45, 7) is 3.13. The number of carbonyl (C=O) groups is 2. The SMILES string of the molecule is CNC(=O)COc1cc2cc(Nc3nc(N4CCC(C(=O)N(C)C)CC4)ncc3C)ccc2n(C)c1=O. The van der Waals surface area contributed by atoms with Crippen LogP contribution >= 0.6 is 0 Å². The van der Waals surface area contributed by atoms with Gasteiger partial charge in [-0.2, -0.15) is 4.98 Å². The molecule has 2 N–H and O–H groups in total. The molecule has 0 atom stereocenters. The first-order chi connectivity index (χ1) is 17.7. The van der Waals surface area contributed by atoms with Crippen molar-refractivity contribution >= 4 is 40.2 Å². The Morgan fingerprint density at radius 3 is 2.59 bits per heavy atom. The van der Waals surface area contributed by atoms with Gasteiger partial charge in [0.2, 0.25) is 11.9 Å². The summed E-state index contributed by atoms with van der Waals surface area (Å²) in [5, 5.41) is 6.62. The lowest BCUT2D eigenvalue weighted by molar-refractivity contribution is -0.133. The maximum Gasteiger partial charge on any atom is 0.293 e. The van der Waals surface area contributed by atoms with E-state index in [0.29, 0.717) is 11.8 Å². The van der Waals surface area contributed by atoms with Crippen molar-refractivity contribution in [3.05, 3.63) is 46.4 Å². The normalized spacial score (nSPS) is 13.9. The molecule has 2 amide bonds. The number of anilines is 3. The van der Waals surface area contributed by atoms with E-state index in [4.69, 9.17) is 9.72 Å². The van der Waals surface area contributed by atoms with Gasteiger partial charge in [-0.25, -0.2) is 4.98 Å². The van der Waals surface area contributed by atoms with Gasteiger partial charge in [-0.1, -0.05) is 0 Å². The van der Waals surface area contributed by atoms with E-state index in [9.17, 15) is 14.4 Å². The van der Waals surface area contributed by atoms with E-state index in [1.54, 1.807) is 38.3 Å². The summed E-state index contributed by atoms with van der Waals surface area (Å²) in [7, 11) is 6.76. The Hall–Kier alpha value is -4.15. The van der Waals surface area contributed by atoms with Crippen LogP contribution in [0.15, 0.2) is 35.3 Å². The molecule has 0 spiro atoms. The predicted octanol–water partition coefficient (Wildman–Crippen LogP) is 1.81. The van der Waals surface area contributed by atoms with Gasteiger partial charge in [0.15, 0.2) is 12.4 Å². The number of ether oxygens (including phenoxy) is 1. The molecule has 0 saturated carbocycles. The first-order valence-electron chi connectivity index (χ1n) is 12.2. The number of amides is 2. The van der Waals surface area contributed by atoms with E-state index in [2.05, 4.69) is 20.5 Å². The van der Waals surface area contributed by atoms with Crippen molar-refractivity contribution in [2.75, 3.05) is 51.1 Å². The largest absolute Gasteiger partial charge is 0.478 e. The van der Waals surface area contributed by atoms with Gasteiger partial charge in [-0.3, -0.25) is 14.4 Å². The van der Waals surface area contributed by atoms with E-state index in [1.165, 1.54) is 11.6 Å². The predicted molar refractivity (Wildman–Crippen MR) is 142 cm³/mol. The lowest BCUT2D eigenvalue weighted by Gasteiger charge is -2.32. The number of benzene rings is 1. The highest BCUT2D eigenvalue weighted by Crippen LogP contribution is 2.27. The lowest BCUT2D eigenvalue weighted by atomic mass is 9.96. The Morgan fingerprint density at radius 2 is 1.92 bits per heavy atom. The molecule has 0 radical (unpaired) electrons. The molecule has 1 aliphatic rings. The second-order valence-corrected chi connectivity index (χ2v) is 9.43. The summed E-state index contributed by atoms with van der Waals surface area (Å²) in [6.07, 6.45) is 3.33. The average molecular weight is 508 g/mol. The van der Waals surface area contributed by atoms with Crippen LogP contribution in [0.2, 0.25) is 0 Å². The molecule has 0 bridgehead atoms. The van der Waals surface area contributed by atoms with Gasteiger partial charge in [0.05, 0.1) is 5.52 Å². The highest BCUT2D eigenvalue weighted by atomic mass is 16.5. The number of nitrogens with one attached hydrogen (secondary N) is 2. The average Bonchev–Trinajstić information content (AvgIpc) is 2.90. The van der Waals surface area contributed by atoms with Crippen molar-refractivity contribution in [3.8, 4) is 5.75 Å². The van der Waals surface area contributed by atoms with Crippen LogP contribution in [0.25, 0.3) is 10.9 Å². The van der Waals surface area contributed by atoms with Crippen LogP contribution in [0, 0.1) is 12.8 Å². The molecular formula is C26H33N7O4. The Labute approximate surface area is 215 Å². The van der Waals surface area contributed by atoms with Gasteiger partial charge in [0, 0.05) is 70.0 Å². The van der Waals surface area contributed by atoms with E-state index >= 15 is 0 Å². The minimum atomic E-state index is -0.318. The Balaban J connectivity index is 1.54. The quantitative estimate of drug-likeness (QED) is 0.497. The van der Waals surface area contributed by atoms with E-state index < -0.39 is 0 Å². The zero-order valence-electron chi connectivity index (χ0n) is 21.9. The molecule has 1 saturated heterocycles. The monoisotopic (exact) mass is 507 g/mol. The fourth-order valence-electron chi connectivity index (χ4n) is 4.39. The molecule has 0 unspecified atom stereocenters. The van der Waals surface area contributed by atoms with E-state index in [0.717, 1.165) is 48.1 Å². The number of fused-ring (bicyclic) bond motifs is 1. The minimum absolute atomic E-state index is 0.0353. The maximum absolute atomic E-state index is 12.6. The number of hydrogen-bond acceptors (Lipinski definition) is 8. The zero-order chi connectivity index (χ0) is 26.7. The third-order valence-electron chi connectivity index (χ3n) is 6.62. The molecule has 1 aromatic carbocycles. The summed E-state index contributed by atoms with van der Waals surface area (Å²) in [5.74, 6) is 1.29. The van der Waals surface area contributed by atoms with Crippen molar-refractivity contribution in [1.29, 1.82) is 0 Å². The van der Waals surface area contributed by atoms with Gasteiger partial charge in [-0.15, -0.1) is 0 Å². The summed E-state index contributed by atoms with van der Waals surface area (Å²) < 4.78 is 6.96. The third kappa shape index (κ3) is 5.65. The number of pyridine rings is 1. The molecule has 0 aliphatic carbocycles. The second-order valence-electron chi connectivity index (χ2n) is 9.43. The van der Waals surface area contributed by atoms with Crippen LogP contribution in [-0.4, -0.2) is 72.1 Å². The zero-order valence-corrected chi connectivity index (χ0v) is 21.9. The van der Waals surface area contributed by atoms with Gasteiger partial charge in [-0.05, 0) is 44.0 Å². The van der Waals surface area contributed by atoms with Gasteiger partial charge < -0.3 is 29.7 Å². The van der Waals surface area contributed by atoms with E-state index in [-0.39, 0.29) is 35.6 Å². The number of aryl methyl sites for hydroxylation is 2. The molecular weight excluding hydrogens is 474 g/mol. The molecule has 1 aliphatic heterocycles. The van der Waals surface area contributed by atoms with Crippen LogP contribution in [0.1, 0.15) is 18.4 Å². The first-order valence-corrected chi connectivity index (χ1v) is 12.2. The van der Waals surface area contributed by atoms with Crippen LogP contribution in [0.5, 0.6) is 5.75 Å². The Morgan fingerprint density at radius 1 is 1.19 bits per heavy atom. The standard InChI is InChI=1S/C26H33N7O4/c1-16-14-28-26(33-10-8-17(9-11-33)24(35)31(3)4)30-23(16)29-19-6-7-20-18(12-19)13-21(25(36)32(20)5)37-15-22(34)27-2/h6-7,12-14,17H,8-11,15H2,1-5H3,(H,27,34)(H,28,29,30). The molecule has 196 valence electrons. The van der Waals surface area contributed by atoms with Crippen molar-refractivity contribution in [3.63, 3.8) is 0 Å².